The van der Waals surface area contributed by atoms with Gasteiger partial charge in [0.2, 0.25) is 0 Å². The molecule has 0 heterocycles. The Morgan fingerprint density at radius 1 is 0.320 bits per heavy atom. The number of carbonyl (C=O) groups excluding carboxylic acids is 3. The van der Waals surface area contributed by atoms with E-state index in [-0.39, 0.29) is 32.2 Å². The second-order valence-electron chi connectivity index (χ2n) is 29.4. The molecule has 0 fully saturated rings. The third kappa shape index (κ3) is 79.7. The molecule has 0 bridgehead atoms. The molecule has 0 saturated carbocycles. The molecule has 2 atom stereocenters. The number of ether oxygens (including phenoxy) is 4. The minimum absolute atomic E-state index is 0.149. The first-order chi connectivity index (χ1) is 47.6. The summed E-state index contributed by atoms with van der Waals surface area (Å²) in [5, 5.41) is 11.9. The van der Waals surface area contributed by atoms with E-state index in [1.165, 1.54) is 295 Å². The molecule has 9 heteroatoms. The van der Waals surface area contributed by atoms with E-state index >= 15 is 0 Å². The molecule has 0 aliphatic rings. The molecule has 0 amide bonds. The summed E-state index contributed by atoms with van der Waals surface area (Å²) < 4.78 is 22.9. The molecular formula is C88H159NO8. The van der Waals surface area contributed by atoms with Gasteiger partial charge in [-0.2, -0.15) is 0 Å². The van der Waals surface area contributed by atoms with Crippen LogP contribution in [0.15, 0.2) is 85.1 Å². The highest BCUT2D eigenvalue weighted by atomic mass is 16.7. The normalized spacial score (nSPS) is 13.0. The van der Waals surface area contributed by atoms with Gasteiger partial charge in [-0.1, -0.05) is 381 Å². The van der Waals surface area contributed by atoms with Crippen LogP contribution >= 0.6 is 0 Å². The maximum absolute atomic E-state index is 13.0. The molecule has 564 valence electrons. The zero-order valence-electron chi connectivity index (χ0n) is 64.7. The number of hydrogen-bond donors (Lipinski definition) is 0. The third-order valence-electron chi connectivity index (χ3n) is 18.6. The molecule has 0 radical (unpaired) electrons. The zero-order chi connectivity index (χ0) is 70.4. The van der Waals surface area contributed by atoms with Gasteiger partial charge in [0, 0.05) is 12.8 Å². The highest BCUT2D eigenvalue weighted by Crippen LogP contribution is 2.20. The van der Waals surface area contributed by atoms with E-state index in [9.17, 15) is 19.5 Å². The van der Waals surface area contributed by atoms with Crippen LogP contribution in [0.5, 0.6) is 0 Å². The van der Waals surface area contributed by atoms with E-state index in [4.69, 9.17) is 18.9 Å². The van der Waals surface area contributed by atoms with Crippen molar-refractivity contribution in [3.8, 4) is 0 Å². The van der Waals surface area contributed by atoms with Crippen LogP contribution in [0.3, 0.4) is 0 Å². The van der Waals surface area contributed by atoms with Gasteiger partial charge >= 0.3 is 11.9 Å². The number of likely N-dealkylation sites (N-methyl/N-ethyl adjacent to an activating group) is 1. The number of allylic oxidation sites excluding steroid dienone is 14. The average Bonchev–Trinajstić information content (AvgIpc) is 2.39. The van der Waals surface area contributed by atoms with E-state index in [1.807, 2.05) is 21.1 Å². The Morgan fingerprint density at radius 2 is 0.588 bits per heavy atom. The SMILES string of the molecule is CC/C=C\C/C=C\C/C=C\C/C=C\CCCCCCCCCCCCCCCCCCCCC(=O)OC(COC(=O)CCCCCCCCCCCCCCCCCCCCCCCCCCCC/C=C\C/C=C\C/C=C\CCCCCCC)COC(OCC[N+](C)(C)C)C(=O)[O-]. The molecule has 9 nitrogen and oxygen atoms in total. The Kier molecular flexibility index (Phi) is 75.3. The standard InChI is InChI=1S/C88H159NO8/c1-6-8-10-12-14-16-18-20-22-24-26-28-30-32-34-36-38-39-40-41-42-43-44-45-46-47-49-50-52-54-56-58-60-62-64-66-68-70-72-74-76-78-85(90)95-82-84(83-96-88(87(92)93)94-81-80-89(3,4)5)97-86(91)79-77-75-73-71-69-67-65-63-61-59-57-55-53-51-48-37-35-33-31-29-27-25-23-21-19-17-15-13-11-9-7-2/h9,11,15,17-18,20-21,23-24,26-27,29-30,32,84,88H,6-8,10,12-14,16,19,22,25,28,31,33-83H2,1-5H3/b11-9-,17-15-,20-18-,23-21-,26-24-,29-27-,32-30-. The van der Waals surface area contributed by atoms with Gasteiger partial charge in [-0.25, -0.2) is 0 Å². The number of carbonyl (C=O) groups is 3. The number of hydrogen-bond acceptors (Lipinski definition) is 8. The zero-order valence-corrected chi connectivity index (χ0v) is 64.7. The minimum atomic E-state index is -1.62. The van der Waals surface area contributed by atoms with Crippen LogP contribution in [-0.2, 0) is 33.3 Å². The fourth-order valence-electron chi connectivity index (χ4n) is 12.3. The molecule has 0 spiro atoms. The molecule has 0 aliphatic carbocycles. The maximum atomic E-state index is 13.0. The number of unbranched alkanes of at least 4 members (excludes halogenated alkanes) is 49. The van der Waals surface area contributed by atoms with E-state index in [2.05, 4.69) is 98.9 Å². The summed E-state index contributed by atoms with van der Waals surface area (Å²) in [6.07, 6.45) is 104. The van der Waals surface area contributed by atoms with Gasteiger partial charge in [-0.05, 0) is 89.9 Å². The van der Waals surface area contributed by atoms with Crippen LogP contribution in [0, 0.1) is 0 Å². The summed E-state index contributed by atoms with van der Waals surface area (Å²) in [7, 11) is 5.95. The largest absolute Gasteiger partial charge is 0.545 e. The van der Waals surface area contributed by atoms with Crippen LogP contribution in [0.4, 0.5) is 0 Å². The number of nitrogens with zero attached hydrogens (tertiary/aromatic N) is 1. The van der Waals surface area contributed by atoms with E-state index < -0.39 is 24.3 Å². The number of carboxylic acids is 1. The third-order valence-corrected chi connectivity index (χ3v) is 18.6. The van der Waals surface area contributed by atoms with Gasteiger partial charge in [-0.15, -0.1) is 0 Å². The van der Waals surface area contributed by atoms with Gasteiger partial charge in [0.25, 0.3) is 0 Å². The highest BCUT2D eigenvalue weighted by Gasteiger charge is 2.22. The first kappa shape index (κ1) is 93.5. The molecule has 0 saturated heterocycles. The van der Waals surface area contributed by atoms with Crippen molar-refractivity contribution in [1.29, 1.82) is 0 Å². The highest BCUT2D eigenvalue weighted by molar-refractivity contribution is 5.70. The molecule has 0 N–H and O–H groups in total. The summed E-state index contributed by atoms with van der Waals surface area (Å²) in [5.74, 6) is -2.26. The smallest absolute Gasteiger partial charge is 0.306 e. The Morgan fingerprint density at radius 3 is 0.876 bits per heavy atom. The van der Waals surface area contributed by atoms with Crippen molar-refractivity contribution in [1.82, 2.24) is 0 Å². The molecule has 0 aromatic carbocycles. The van der Waals surface area contributed by atoms with Crippen LogP contribution in [-0.4, -0.2) is 82.3 Å². The first-order valence-corrected chi connectivity index (χ1v) is 41.7. The second-order valence-corrected chi connectivity index (χ2v) is 29.4. The molecule has 97 heavy (non-hydrogen) atoms. The Bertz CT molecular complexity index is 1870. The van der Waals surface area contributed by atoms with Gasteiger partial charge in [0.1, 0.15) is 13.2 Å². The minimum Gasteiger partial charge on any atom is -0.545 e. The number of carboxylic acid groups (broad SMARTS) is 1. The fraction of sp³-hybridized carbons (Fsp3) is 0.807. The topological polar surface area (TPSA) is 111 Å². The summed E-state index contributed by atoms with van der Waals surface area (Å²) in [6.45, 7) is 4.68. The summed E-state index contributed by atoms with van der Waals surface area (Å²) in [5.41, 5.74) is 0. The van der Waals surface area contributed by atoms with Gasteiger partial charge in [0.05, 0.1) is 40.3 Å². The summed E-state index contributed by atoms with van der Waals surface area (Å²) in [4.78, 5) is 37.6. The van der Waals surface area contributed by atoms with Crippen LogP contribution in [0.2, 0.25) is 0 Å². The predicted octanol–water partition coefficient (Wildman–Crippen LogP) is 25.6. The van der Waals surface area contributed by atoms with E-state index in [0.717, 1.165) is 70.6 Å². The molecule has 0 aromatic rings. The summed E-state index contributed by atoms with van der Waals surface area (Å²) >= 11 is 0. The second kappa shape index (κ2) is 78.2. The van der Waals surface area contributed by atoms with Crippen molar-refractivity contribution in [3.63, 3.8) is 0 Å². The summed E-state index contributed by atoms with van der Waals surface area (Å²) in [6, 6.07) is 0. The average molecular weight is 1360 g/mol. The molecule has 2 unspecified atom stereocenters. The molecule has 0 rings (SSSR count). The van der Waals surface area contributed by atoms with Crippen molar-refractivity contribution in [2.45, 2.75) is 411 Å². The van der Waals surface area contributed by atoms with Crippen molar-refractivity contribution >= 4 is 17.9 Å². The lowest BCUT2D eigenvalue weighted by molar-refractivity contribution is -0.870. The Labute approximate surface area is 601 Å². The van der Waals surface area contributed by atoms with Crippen molar-refractivity contribution in [2.24, 2.45) is 0 Å². The number of esters is 2. The number of quaternary nitrogens is 1. The number of rotatable bonds is 78. The lowest BCUT2D eigenvalue weighted by Crippen LogP contribution is -2.44. The molecule has 0 aromatic heterocycles. The fourth-order valence-corrected chi connectivity index (χ4v) is 12.3. The van der Waals surface area contributed by atoms with Crippen LogP contribution in [0.1, 0.15) is 399 Å². The van der Waals surface area contributed by atoms with Crippen molar-refractivity contribution in [2.75, 3.05) is 47.5 Å². The van der Waals surface area contributed by atoms with E-state index in [0.29, 0.717) is 23.9 Å². The van der Waals surface area contributed by atoms with Crippen molar-refractivity contribution in [3.05, 3.63) is 85.1 Å². The predicted molar refractivity (Wildman–Crippen MR) is 417 cm³/mol. The van der Waals surface area contributed by atoms with Crippen LogP contribution in [0.25, 0.3) is 0 Å². The van der Waals surface area contributed by atoms with Gasteiger partial charge in [0.15, 0.2) is 12.4 Å². The molecule has 0 aliphatic heterocycles. The monoisotopic (exact) mass is 1360 g/mol. The Balaban J connectivity index is 3.94. The Hall–Kier alpha value is -3.53. The van der Waals surface area contributed by atoms with Crippen LogP contribution < -0.4 is 5.11 Å². The van der Waals surface area contributed by atoms with Crippen molar-refractivity contribution < 1.29 is 42.9 Å². The van der Waals surface area contributed by atoms with Gasteiger partial charge in [-0.3, -0.25) is 9.59 Å². The quantitative estimate of drug-likeness (QED) is 0.0195. The molecular weight excluding hydrogens is 1200 g/mol. The van der Waals surface area contributed by atoms with Gasteiger partial charge < -0.3 is 33.3 Å². The number of aliphatic carboxylic acids is 1. The van der Waals surface area contributed by atoms with E-state index in [1.54, 1.807) is 0 Å². The lowest BCUT2D eigenvalue weighted by Gasteiger charge is -2.26. The lowest BCUT2D eigenvalue weighted by atomic mass is 10.0. The maximum Gasteiger partial charge on any atom is 0.306 e. The first-order valence-electron chi connectivity index (χ1n) is 41.7.